The van der Waals surface area contributed by atoms with Crippen LogP contribution in [0.2, 0.25) is 0 Å². The van der Waals surface area contributed by atoms with Gasteiger partial charge in [0.25, 0.3) is 0 Å². The van der Waals surface area contributed by atoms with Crippen LogP contribution in [-0.4, -0.2) is 44.1 Å². The number of likely N-dealkylation sites (tertiary alicyclic amines) is 1. The Hall–Kier alpha value is -1.56. The quantitative estimate of drug-likeness (QED) is 0.879. The zero-order valence-corrected chi connectivity index (χ0v) is 12.3. The molecule has 106 valence electrons. The molecule has 5 nitrogen and oxygen atoms in total. The SMILES string of the molecule is CC[C@@H](Sc1nc2ncccc2[nH]1)C(=O)N1CCCC1. The standard InChI is InChI=1S/C14H18N4OS/c1-2-11(13(19)18-8-3-4-9-18)20-14-16-10-6-5-7-15-12(10)17-14/h5-7,11H,2-4,8-9H2,1H3,(H,15,16,17)/t11-/m1/s1. The fraction of sp³-hybridized carbons (Fsp3) is 0.500. The molecule has 6 heteroatoms. The molecule has 1 N–H and O–H groups in total. The molecule has 0 radical (unpaired) electrons. The first-order valence-corrected chi connectivity index (χ1v) is 7.92. The summed E-state index contributed by atoms with van der Waals surface area (Å²) < 4.78 is 0. The summed E-state index contributed by atoms with van der Waals surface area (Å²) in [5.74, 6) is 0.239. The summed E-state index contributed by atoms with van der Waals surface area (Å²) in [4.78, 5) is 26.3. The Labute approximate surface area is 122 Å². The summed E-state index contributed by atoms with van der Waals surface area (Å²) in [6.07, 6.45) is 4.79. The second kappa shape index (κ2) is 5.83. The zero-order valence-electron chi connectivity index (χ0n) is 11.5. The molecular weight excluding hydrogens is 272 g/mol. The van der Waals surface area contributed by atoms with E-state index in [0.717, 1.165) is 43.0 Å². The lowest BCUT2D eigenvalue weighted by Crippen LogP contribution is -2.35. The minimum absolute atomic E-state index is 0.0614. The van der Waals surface area contributed by atoms with Gasteiger partial charge < -0.3 is 9.88 Å². The van der Waals surface area contributed by atoms with Gasteiger partial charge in [-0.2, -0.15) is 0 Å². The highest BCUT2D eigenvalue weighted by molar-refractivity contribution is 8.00. The van der Waals surface area contributed by atoms with Gasteiger partial charge in [-0.25, -0.2) is 9.97 Å². The molecule has 1 saturated heterocycles. The Bertz CT molecular complexity index is 573. The Morgan fingerprint density at radius 3 is 3.00 bits per heavy atom. The van der Waals surface area contributed by atoms with Crippen molar-refractivity contribution in [2.24, 2.45) is 0 Å². The molecule has 0 aromatic carbocycles. The van der Waals surface area contributed by atoms with Crippen LogP contribution in [0.1, 0.15) is 26.2 Å². The van der Waals surface area contributed by atoms with Crippen LogP contribution in [0, 0.1) is 0 Å². The molecule has 1 aliphatic rings. The average Bonchev–Trinajstić information content (AvgIpc) is 3.12. The van der Waals surface area contributed by atoms with E-state index >= 15 is 0 Å². The maximum absolute atomic E-state index is 12.4. The van der Waals surface area contributed by atoms with E-state index in [0.29, 0.717) is 5.65 Å². The van der Waals surface area contributed by atoms with Gasteiger partial charge >= 0.3 is 0 Å². The van der Waals surface area contributed by atoms with Gasteiger partial charge in [0.15, 0.2) is 10.8 Å². The molecule has 2 aromatic heterocycles. The molecular formula is C14H18N4OS. The number of thioether (sulfide) groups is 1. The van der Waals surface area contributed by atoms with E-state index in [4.69, 9.17) is 0 Å². The first-order valence-electron chi connectivity index (χ1n) is 7.04. The van der Waals surface area contributed by atoms with Gasteiger partial charge in [-0.15, -0.1) is 0 Å². The van der Waals surface area contributed by atoms with E-state index < -0.39 is 0 Å². The Morgan fingerprint density at radius 2 is 2.30 bits per heavy atom. The van der Waals surface area contributed by atoms with Crippen molar-refractivity contribution >= 4 is 28.8 Å². The largest absolute Gasteiger partial charge is 0.342 e. The van der Waals surface area contributed by atoms with E-state index in [1.807, 2.05) is 24.0 Å². The molecule has 1 fully saturated rings. The molecule has 1 amide bonds. The Kier molecular flexibility index (Phi) is 3.91. The number of amides is 1. The van der Waals surface area contributed by atoms with E-state index in [-0.39, 0.29) is 11.2 Å². The van der Waals surface area contributed by atoms with E-state index in [1.165, 1.54) is 11.8 Å². The maximum atomic E-state index is 12.4. The molecule has 3 heterocycles. The fourth-order valence-corrected chi connectivity index (χ4v) is 3.46. The average molecular weight is 290 g/mol. The number of aromatic amines is 1. The van der Waals surface area contributed by atoms with Crippen molar-refractivity contribution in [1.29, 1.82) is 0 Å². The first kappa shape index (κ1) is 13.4. The number of nitrogens with zero attached hydrogens (tertiary/aromatic N) is 3. The van der Waals surface area contributed by atoms with Crippen molar-refractivity contribution < 1.29 is 4.79 Å². The molecule has 3 rings (SSSR count). The van der Waals surface area contributed by atoms with Crippen LogP contribution in [0.5, 0.6) is 0 Å². The number of imidazole rings is 1. The third-order valence-corrected chi connectivity index (χ3v) is 4.79. The lowest BCUT2D eigenvalue weighted by molar-refractivity contribution is -0.129. The number of hydrogen-bond acceptors (Lipinski definition) is 4. The van der Waals surface area contributed by atoms with Gasteiger partial charge in [-0.1, -0.05) is 18.7 Å². The minimum atomic E-state index is -0.0614. The number of rotatable bonds is 4. The van der Waals surface area contributed by atoms with Gasteiger partial charge in [0, 0.05) is 19.3 Å². The van der Waals surface area contributed by atoms with Crippen molar-refractivity contribution in [2.75, 3.05) is 13.1 Å². The fourth-order valence-electron chi connectivity index (χ4n) is 2.46. The van der Waals surface area contributed by atoms with Crippen molar-refractivity contribution in [1.82, 2.24) is 19.9 Å². The lowest BCUT2D eigenvalue weighted by atomic mass is 10.3. The molecule has 2 aromatic rings. The number of carbonyl (C=O) groups excluding carboxylic acids is 1. The Balaban J connectivity index is 1.75. The number of hydrogen-bond donors (Lipinski definition) is 1. The second-order valence-corrected chi connectivity index (χ2v) is 6.16. The van der Waals surface area contributed by atoms with Crippen LogP contribution in [0.15, 0.2) is 23.5 Å². The van der Waals surface area contributed by atoms with Crippen LogP contribution in [0.4, 0.5) is 0 Å². The number of H-pyrrole nitrogens is 1. The number of carbonyl (C=O) groups is 1. The van der Waals surface area contributed by atoms with Gasteiger partial charge in [0.05, 0.1) is 10.8 Å². The molecule has 0 spiro atoms. The molecule has 20 heavy (non-hydrogen) atoms. The van der Waals surface area contributed by atoms with Crippen LogP contribution in [0.3, 0.4) is 0 Å². The molecule has 0 unspecified atom stereocenters. The lowest BCUT2D eigenvalue weighted by Gasteiger charge is -2.20. The molecule has 0 bridgehead atoms. The third kappa shape index (κ3) is 2.65. The third-order valence-electron chi connectivity index (χ3n) is 3.55. The molecule has 0 saturated carbocycles. The topological polar surface area (TPSA) is 61.9 Å². The number of fused-ring (bicyclic) bond motifs is 1. The van der Waals surface area contributed by atoms with Gasteiger partial charge in [-0.05, 0) is 31.4 Å². The van der Waals surface area contributed by atoms with Gasteiger partial charge in [-0.3, -0.25) is 4.79 Å². The summed E-state index contributed by atoms with van der Waals surface area (Å²) in [6, 6.07) is 3.82. The smallest absolute Gasteiger partial charge is 0.236 e. The normalized spacial score (nSPS) is 16.8. The first-order chi connectivity index (χ1) is 9.78. The number of aromatic nitrogens is 3. The molecule has 0 aliphatic carbocycles. The van der Waals surface area contributed by atoms with Crippen molar-refractivity contribution in [3.05, 3.63) is 18.3 Å². The predicted octanol–water partition coefficient (Wildman–Crippen LogP) is 2.45. The van der Waals surface area contributed by atoms with Crippen LogP contribution in [0.25, 0.3) is 11.2 Å². The summed E-state index contributed by atoms with van der Waals surface area (Å²) in [7, 11) is 0. The van der Waals surface area contributed by atoms with Crippen molar-refractivity contribution in [3.8, 4) is 0 Å². The zero-order chi connectivity index (χ0) is 13.9. The highest BCUT2D eigenvalue weighted by Crippen LogP contribution is 2.27. The van der Waals surface area contributed by atoms with E-state index in [1.54, 1.807) is 6.20 Å². The van der Waals surface area contributed by atoms with Crippen LogP contribution in [-0.2, 0) is 4.79 Å². The van der Waals surface area contributed by atoms with Gasteiger partial charge in [0.1, 0.15) is 0 Å². The monoisotopic (exact) mass is 290 g/mol. The Morgan fingerprint density at radius 1 is 1.50 bits per heavy atom. The highest BCUT2D eigenvalue weighted by Gasteiger charge is 2.26. The van der Waals surface area contributed by atoms with Crippen LogP contribution >= 0.6 is 11.8 Å². The summed E-state index contributed by atoms with van der Waals surface area (Å²) in [6.45, 7) is 3.85. The molecule has 1 aliphatic heterocycles. The highest BCUT2D eigenvalue weighted by atomic mass is 32.2. The number of nitrogens with one attached hydrogen (secondary N) is 1. The number of pyridine rings is 1. The van der Waals surface area contributed by atoms with Gasteiger partial charge in [0.2, 0.25) is 5.91 Å². The van der Waals surface area contributed by atoms with E-state index in [2.05, 4.69) is 15.0 Å². The van der Waals surface area contributed by atoms with Crippen LogP contribution < -0.4 is 0 Å². The molecule has 1 atom stereocenters. The maximum Gasteiger partial charge on any atom is 0.236 e. The van der Waals surface area contributed by atoms with E-state index in [9.17, 15) is 4.79 Å². The van der Waals surface area contributed by atoms with Crippen molar-refractivity contribution in [2.45, 2.75) is 36.6 Å². The predicted molar refractivity (Wildman–Crippen MR) is 79.6 cm³/mol. The second-order valence-electron chi connectivity index (χ2n) is 4.96. The summed E-state index contributed by atoms with van der Waals surface area (Å²) in [5, 5.41) is 0.715. The minimum Gasteiger partial charge on any atom is -0.342 e. The summed E-state index contributed by atoms with van der Waals surface area (Å²) >= 11 is 1.51. The van der Waals surface area contributed by atoms with Crippen molar-refractivity contribution in [3.63, 3.8) is 0 Å². The summed E-state index contributed by atoms with van der Waals surface area (Å²) in [5.41, 5.74) is 1.62.